The normalized spacial score (nSPS) is 26.0. The highest BCUT2D eigenvalue weighted by Crippen LogP contribution is 2.36. The number of aliphatic carboxylic acids is 1. The lowest BCUT2D eigenvalue weighted by atomic mass is 9.92. The van der Waals surface area contributed by atoms with Gasteiger partial charge in [-0.05, 0) is 38.0 Å². The van der Waals surface area contributed by atoms with Crippen molar-refractivity contribution < 1.29 is 24.5 Å². The Balaban J connectivity index is 2.38. The van der Waals surface area contributed by atoms with Crippen LogP contribution in [0, 0.1) is 11.8 Å². The van der Waals surface area contributed by atoms with Crippen LogP contribution in [0.1, 0.15) is 45.4 Å². The molecule has 0 radical (unpaired) electrons. The first-order valence-corrected chi connectivity index (χ1v) is 7.19. The number of rotatable bonds is 8. The van der Waals surface area contributed by atoms with Crippen LogP contribution in [0.15, 0.2) is 12.2 Å². The quantitative estimate of drug-likeness (QED) is 0.405. The molecule has 0 heterocycles. The van der Waals surface area contributed by atoms with Crippen LogP contribution in [-0.4, -0.2) is 34.9 Å². The molecule has 5 heteroatoms. The second-order valence-corrected chi connectivity index (χ2v) is 5.32. The summed E-state index contributed by atoms with van der Waals surface area (Å²) in [5.41, 5.74) is 0. The summed E-state index contributed by atoms with van der Waals surface area (Å²) in [5.74, 6) is -0.698. The van der Waals surface area contributed by atoms with Crippen LogP contribution in [0.5, 0.6) is 0 Å². The van der Waals surface area contributed by atoms with E-state index in [1.807, 2.05) is 12.2 Å². The number of aliphatic hydroxyl groups excluding tert-OH is 1. The minimum absolute atomic E-state index is 0.103. The number of unbranched alkanes of at least 4 members (excludes halogenated alkanes) is 1. The van der Waals surface area contributed by atoms with Crippen molar-refractivity contribution in [1.82, 2.24) is 0 Å². The summed E-state index contributed by atoms with van der Waals surface area (Å²) in [5, 5.41) is 17.9. The third-order valence-electron chi connectivity index (χ3n) is 3.79. The van der Waals surface area contributed by atoms with Crippen molar-refractivity contribution in [2.75, 3.05) is 6.61 Å². The van der Waals surface area contributed by atoms with E-state index in [1.165, 1.54) is 6.92 Å². The number of allylic oxidation sites excluding steroid dienone is 2. The van der Waals surface area contributed by atoms with E-state index in [9.17, 15) is 14.7 Å². The van der Waals surface area contributed by atoms with Gasteiger partial charge in [-0.25, -0.2) is 0 Å². The Bertz CT molecular complexity index is 350. The standard InChI is InChI=1S/C15H24O5/c1-11(17)20-14-9-8-12(10-16)13(14)6-4-2-3-5-7-15(18)19/h2,4,12-14,16H,3,5-10H2,1H3,(H,18,19). The van der Waals surface area contributed by atoms with Gasteiger partial charge in [0.05, 0.1) is 0 Å². The monoisotopic (exact) mass is 284 g/mol. The molecule has 2 N–H and O–H groups in total. The van der Waals surface area contributed by atoms with Crippen molar-refractivity contribution in [2.24, 2.45) is 11.8 Å². The molecular weight excluding hydrogens is 260 g/mol. The smallest absolute Gasteiger partial charge is 0.303 e. The number of hydrogen-bond donors (Lipinski definition) is 2. The zero-order valence-corrected chi connectivity index (χ0v) is 12.0. The Kier molecular flexibility index (Phi) is 7.30. The second-order valence-electron chi connectivity index (χ2n) is 5.32. The lowest BCUT2D eigenvalue weighted by Gasteiger charge is -2.22. The molecular formula is C15H24O5. The number of carbonyl (C=O) groups is 2. The predicted octanol–water partition coefficient (Wildman–Crippen LogP) is 2.14. The van der Waals surface area contributed by atoms with E-state index in [2.05, 4.69) is 0 Å². The lowest BCUT2D eigenvalue weighted by molar-refractivity contribution is -0.148. The molecule has 3 unspecified atom stereocenters. The van der Waals surface area contributed by atoms with Crippen molar-refractivity contribution in [3.05, 3.63) is 12.2 Å². The van der Waals surface area contributed by atoms with Crippen LogP contribution in [0.2, 0.25) is 0 Å². The molecule has 1 rings (SSSR count). The molecule has 0 aromatic rings. The van der Waals surface area contributed by atoms with Crippen LogP contribution in [-0.2, 0) is 14.3 Å². The molecule has 0 bridgehead atoms. The first-order valence-electron chi connectivity index (χ1n) is 7.19. The Morgan fingerprint density at radius 1 is 1.30 bits per heavy atom. The predicted molar refractivity (Wildman–Crippen MR) is 74.1 cm³/mol. The number of esters is 1. The largest absolute Gasteiger partial charge is 0.481 e. The number of carboxylic acid groups (broad SMARTS) is 1. The van der Waals surface area contributed by atoms with Gasteiger partial charge in [-0.3, -0.25) is 9.59 Å². The van der Waals surface area contributed by atoms with E-state index < -0.39 is 5.97 Å². The van der Waals surface area contributed by atoms with Gasteiger partial charge in [0.25, 0.3) is 0 Å². The fourth-order valence-corrected chi connectivity index (χ4v) is 2.78. The summed E-state index contributed by atoms with van der Waals surface area (Å²) in [6.07, 6.45) is 7.88. The van der Waals surface area contributed by atoms with Gasteiger partial charge < -0.3 is 14.9 Å². The second kappa shape index (κ2) is 8.74. The zero-order chi connectivity index (χ0) is 15.0. The summed E-state index contributed by atoms with van der Waals surface area (Å²) in [6, 6.07) is 0. The van der Waals surface area contributed by atoms with Crippen LogP contribution < -0.4 is 0 Å². The maximum Gasteiger partial charge on any atom is 0.303 e. The van der Waals surface area contributed by atoms with Crippen molar-refractivity contribution in [3.63, 3.8) is 0 Å². The minimum atomic E-state index is -0.774. The van der Waals surface area contributed by atoms with Gasteiger partial charge >= 0.3 is 11.9 Å². The van der Waals surface area contributed by atoms with E-state index in [4.69, 9.17) is 9.84 Å². The van der Waals surface area contributed by atoms with Gasteiger partial charge in [-0.2, -0.15) is 0 Å². The minimum Gasteiger partial charge on any atom is -0.481 e. The van der Waals surface area contributed by atoms with Crippen molar-refractivity contribution in [3.8, 4) is 0 Å². The summed E-state index contributed by atoms with van der Waals surface area (Å²) in [7, 11) is 0. The number of aliphatic hydroxyl groups is 1. The molecule has 1 aliphatic rings. The van der Waals surface area contributed by atoms with E-state index in [1.54, 1.807) is 0 Å². The molecule has 1 fully saturated rings. The fraction of sp³-hybridized carbons (Fsp3) is 0.733. The molecule has 1 saturated carbocycles. The molecule has 0 amide bonds. The molecule has 3 atom stereocenters. The molecule has 0 aromatic carbocycles. The first kappa shape index (κ1) is 16.7. The van der Waals surface area contributed by atoms with Crippen molar-refractivity contribution in [2.45, 2.75) is 51.6 Å². The SMILES string of the molecule is CC(=O)OC1CCC(CO)C1CC=CCCCC(=O)O. The molecule has 114 valence electrons. The first-order chi connectivity index (χ1) is 9.54. The Morgan fingerprint density at radius 2 is 2.05 bits per heavy atom. The lowest BCUT2D eigenvalue weighted by Crippen LogP contribution is -2.25. The molecule has 1 aliphatic carbocycles. The van der Waals surface area contributed by atoms with E-state index in [-0.39, 0.29) is 36.9 Å². The van der Waals surface area contributed by atoms with Crippen LogP contribution >= 0.6 is 0 Å². The highest BCUT2D eigenvalue weighted by Gasteiger charge is 2.36. The van der Waals surface area contributed by atoms with Crippen LogP contribution in [0.3, 0.4) is 0 Å². The van der Waals surface area contributed by atoms with E-state index >= 15 is 0 Å². The molecule has 0 saturated heterocycles. The van der Waals surface area contributed by atoms with Gasteiger partial charge in [-0.15, -0.1) is 0 Å². The molecule has 0 aromatic heterocycles. The van der Waals surface area contributed by atoms with Gasteiger partial charge in [0.15, 0.2) is 0 Å². The van der Waals surface area contributed by atoms with Crippen molar-refractivity contribution in [1.29, 1.82) is 0 Å². The average molecular weight is 284 g/mol. The average Bonchev–Trinajstić information content (AvgIpc) is 2.74. The maximum absolute atomic E-state index is 11.1. The topological polar surface area (TPSA) is 83.8 Å². The molecule has 0 aliphatic heterocycles. The number of ether oxygens (including phenoxy) is 1. The zero-order valence-electron chi connectivity index (χ0n) is 12.0. The molecule has 0 spiro atoms. The van der Waals surface area contributed by atoms with Crippen molar-refractivity contribution >= 4 is 11.9 Å². The Labute approximate surface area is 119 Å². The Morgan fingerprint density at radius 3 is 2.65 bits per heavy atom. The maximum atomic E-state index is 11.1. The van der Waals surface area contributed by atoms with Gasteiger partial charge in [0, 0.05) is 25.9 Å². The number of carboxylic acids is 1. The van der Waals surface area contributed by atoms with Gasteiger partial charge in [0.2, 0.25) is 0 Å². The van der Waals surface area contributed by atoms with E-state index in [0.29, 0.717) is 6.42 Å². The van der Waals surface area contributed by atoms with Crippen LogP contribution in [0.4, 0.5) is 0 Å². The fourth-order valence-electron chi connectivity index (χ4n) is 2.78. The highest BCUT2D eigenvalue weighted by molar-refractivity contribution is 5.66. The van der Waals surface area contributed by atoms with Gasteiger partial charge in [0.1, 0.15) is 6.10 Å². The number of carbonyl (C=O) groups excluding carboxylic acids is 1. The summed E-state index contributed by atoms with van der Waals surface area (Å²) >= 11 is 0. The third kappa shape index (κ3) is 5.74. The summed E-state index contributed by atoms with van der Waals surface area (Å²) < 4.78 is 5.30. The molecule has 20 heavy (non-hydrogen) atoms. The van der Waals surface area contributed by atoms with Gasteiger partial charge in [-0.1, -0.05) is 12.2 Å². The highest BCUT2D eigenvalue weighted by atomic mass is 16.5. The summed E-state index contributed by atoms with van der Waals surface area (Å²) in [4.78, 5) is 21.4. The Hall–Kier alpha value is -1.36. The third-order valence-corrected chi connectivity index (χ3v) is 3.79. The summed E-state index contributed by atoms with van der Waals surface area (Å²) in [6.45, 7) is 1.53. The van der Waals surface area contributed by atoms with Crippen LogP contribution in [0.25, 0.3) is 0 Å². The molecule has 5 nitrogen and oxygen atoms in total. The van der Waals surface area contributed by atoms with E-state index in [0.717, 1.165) is 25.7 Å². The number of hydrogen-bond acceptors (Lipinski definition) is 4.